The molecule has 0 N–H and O–H groups in total. The van der Waals surface area contributed by atoms with Gasteiger partial charge in [0.25, 0.3) is 0 Å². The van der Waals surface area contributed by atoms with Crippen LogP contribution in [0.25, 0.3) is 0 Å². The lowest BCUT2D eigenvalue weighted by Gasteiger charge is -2.06. The van der Waals surface area contributed by atoms with Gasteiger partial charge in [0.2, 0.25) is 0 Å². The molecule has 1 atom stereocenters. The summed E-state index contributed by atoms with van der Waals surface area (Å²) in [5.41, 5.74) is 0. The van der Waals surface area contributed by atoms with Crippen LogP contribution in [-0.4, -0.2) is 16.3 Å². The molecule has 0 saturated heterocycles. The second-order valence-electron chi connectivity index (χ2n) is 3.55. The zero-order valence-corrected chi connectivity index (χ0v) is 10.3. The van der Waals surface area contributed by atoms with Gasteiger partial charge in [0.05, 0.1) is 0 Å². The molecule has 0 radical (unpaired) electrons. The fourth-order valence-corrected chi connectivity index (χ4v) is 2.93. The minimum atomic E-state index is 0.837. The first-order chi connectivity index (χ1) is 5.84. The molecule has 0 aromatic carbocycles. The van der Waals surface area contributed by atoms with Gasteiger partial charge in [-0.1, -0.05) is 29.3 Å². The quantitative estimate of drug-likeness (QED) is 0.485. The Morgan fingerprint density at radius 1 is 1.42 bits per heavy atom. The molecule has 1 fully saturated rings. The highest BCUT2D eigenvalue weighted by Crippen LogP contribution is 2.38. The van der Waals surface area contributed by atoms with Gasteiger partial charge in [-0.25, -0.2) is 0 Å². The van der Waals surface area contributed by atoms with E-state index in [2.05, 4.69) is 34.6 Å². The van der Waals surface area contributed by atoms with E-state index in [-0.39, 0.29) is 0 Å². The van der Waals surface area contributed by atoms with E-state index in [9.17, 15) is 0 Å². The van der Waals surface area contributed by atoms with Crippen molar-refractivity contribution in [2.75, 3.05) is 11.5 Å². The fourth-order valence-electron chi connectivity index (χ4n) is 1.38. The van der Waals surface area contributed by atoms with Crippen LogP contribution >= 0.6 is 27.7 Å². The summed E-state index contributed by atoms with van der Waals surface area (Å²) in [4.78, 5) is 0.837. The second kappa shape index (κ2) is 6.31. The van der Waals surface area contributed by atoms with Crippen LogP contribution in [0.15, 0.2) is 0 Å². The minimum absolute atomic E-state index is 0.837. The zero-order valence-electron chi connectivity index (χ0n) is 7.89. The van der Waals surface area contributed by atoms with Gasteiger partial charge < -0.3 is 0 Å². The van der Waals surface area contributed by atoms with E-state index in [1.54, 1.807) is 0 Å². The smallest absolute Gasteiger partial charge is 0.0174 e. The number of hydrogen-bond donors (Lipinski definition) is 0. The Labute approximate surface area is 89.0 Å². The summed E-state index contributed by atoms with van der Waals surface area (Å²) < 4.78 is 0. The van der Waals surface area contributed by atoms with Gasteiger partial charge in [-0.2, -0.15) is 11.8 Å². The maximum Gasteiger partial charge on any atom is 0.0174 e. The van der Waals surface area contributed by atoms with E-state index in [4.69, 9.17) is 0 Å². The van der Waals surface area contributed by atoms with Gasteiger partial charge in [0.1, 0.15) is 0 Å². The van der Waals surface area contributed by atoms with E-state index in [1.807, 2.05) is 0 Å². The molecule has 12 heavy (non-hydrogen) atoms. The maximum absolute atomic E-state index is 3.77. The first-order valence-corrected chi connectivity index (χ1v) is 7.13. The van der Waals surface area contributed by atoms with Gasteiger partial charge in [-0.3, -0.25) is 0 Å². The molecule has 1 aliphatic carbocycles. The molecule has 1 rings (SSSR count). The molecule has 2 heteroatoms. The van der Waals surface area contributed by atoms with E-state index in [0.29, 0.717) is 0 Å². The summed E-state index contributed by atoms with van der Waals surface area (Å²) in [7, 11) is 0. The molecule has 0 heterocycles. The predicted molar refractivity (Wildman–Crippen MR) is 62.3 cm³/mol. The van der Waals surface area contributed by atoms with Crippen molar-refractivity contribution in [3.05, 3.63) is 0 Å². The molecular weight excluding hydrogens is 232 g/mol. The number of halogens is 1. The second-order valence-corrected chi connectivity index (χ2v) is 6.12. The number of hydrogen-bond acceptors (Lipinski definition) is 1. The standard InChI is InChI=1S/C10H19BrS/c1-2-12-8-4-3-5-10(11)9-6-7-9/h9-10H,2-8H2,1H3. The molecule has 0 nitrogen and oxygen atoms in total. The van der Waals surface area contributed by atoms with Crippen molar-refractivity contribution in [3.63, 3.8) is 0 Å². The van der Waals surface area contributed by atoms with E-state index in [0.717, 1.165) is 10.7 Å². The number of alkyl halides is 1. The highest BCUT2D eigenvalue weighted by atomic mass is 79.9. The molecular formula is C10H19BrS. The van der Waals surface area contributed by atoms with Crippen LogP contribution in [-0.2, 0) is 0 Å². The van der Waals surface area contributed by atoms with Crippen LogP contribution in [0.1, 0.15) is 39.0 Å². The lowest BCUT2D eigenvalue weighted by atomic mass is 10.1. The predicted octanol–water partition coefficient (Wildman–Crippen LogP) is 4.08. The third-order valence-electron chi connectivity index (χ3n) is 2.36. The topological polar surface area (TPSA) is 0 Å². The lowest BCUT2D eigenvalue weighted by molar-refractivity contribution is 0.647. The molecule has 0 spiro atoms. The summed E-state index contributed by atoms with van der Waals surface area (Å²) in [6.07, 6.45) is 7.17. The van der Waals surface area contributed by atoms with E-state index < -0.39 is 0 Å². The normalized spacial score (nSPS) is 19.5. The molecule has 1 saturated carbocycles. The summed E-state index contributed by atoms with van der Waals surface area (Å²) in [5, 5.41) is 0. The van der Waals surface area contributed by atoms with Gasteiger partial charge in [-0.15, -0.1) is 0 Å². The molecule has 0 aromatic rings. The van der Waals surface area contributed by atoms with Crippen molar-refractivity contribution < 1.29 is 0 Å². The molecule has 1 aliphatic rings. The average Bonchev–Trinajstić information content (AvgIpc) is 2.86. The van der Waals surface area contributed by atoms with Crippen molar-refractivity contribution >= 4 is 27.7 Å². The summed E-state index contributed by atoms with van der Waals surface area (Å²) in [6.45, 7) is 2.24. The first-order valence-electron chi connectivity index (χ1n) is 5.06. The Morgan fingerprint density at radius 3 is 2.75 bits per heavy atom. The van der Waals surface area contributed by atoms with Crippen LogP contribution in [0.4, 0.5) is 0 Å². The van der Waals surface area contributed by atoms with Crippen LogP contribution < -0.4 is 0 Å². The Kier molecular flexibility index (Phi) is 5.73. The third-order valence-corrected chi connectivity index (χ3v) is 4.55. The number of unbranched alkanes of at least 4 members (excludes halogenated alkanes) is 1. The third kappa shape index (κ3) is 4.76. The summed E-state index contributed by atoms with van der Waals surface area (Å²) >= 11 is 5.84. The van der Waals surface area contributed by atoms with Crippen LogP contribution in [0.5, 0.6) is 0 Å². The van der Waals surface area contributed by atoms with Crippen LogP contribution in [0.2, 0.25) is 0 Å². The summed E-state index contributed by atoms with van der Waals surface area (Å²) in [6, 6.07) is 0. The highest BCUT2D eigenvalue weighted by Gasteiger charge is 2.28. The van der Waals surface area contributed by atoms with Gasteiger partial charge in [-0.05, 0) is 43.1 Å². The largest absolute Gasteiger partial charge is 0.162 e. The van der Waals surface area contributed by atoms with Crippen molar-refractivity contribution in [1.82, 2.24) is 0 Å². The molecule has 0 bridgehead atoms. The highest BCUT2D eigenvalue weighted by molar-refractivity contribution is 9.09. The molecule has 72 valence electrons. The monoisotopic (exact) mass is 250 g/mol. The van der Waals surface area contributed by atoms with Gasteiger partial charge in [0.15, 0.2) is 0 Å². The lowest BCUT2D eigenvalue weighted by Crippen LogP contribution is -1.99. The number of rotatable bonds is 7. The van der Waals surface area contributed by atoms with E-state index >= 15 is 0 Å². The number of thioether (sulfide) groups is 1. The van der Waals surface area contributed by atoms with Crippen molar-refractivity contribution in [2.45, 2.75) is 43.9 Å². The average molecular weight is 251 g/mol. The van der Waals surface area contributed by atoms with Crippen molar-refractivity contribution in [3.8, 4) is 0 Å². The molecule has 0 aliphatic heterocycles. The van der Waals surface area contributed by atoms with Crippen molar-refractivity contribution in [1.29, 1.82) is 0 Å². The maximum atomic E-state index is 3.77. The first kappa shape index (κ1) is 10.9. The Bertz CT molecular complexity index is 112. The Balaban J connectivity index is 1.81. The zero-order chi connectivity index (χ0) is 8.81. The molecule has 0 amide bonds. The van der Waals surface area contributed by atoms with E-state index in [1.165, 1.54) is 43.6 Å². The molecule has 1 unspecified atom stereocenters. The Hall–Kier alpha value is 0.830. The van der Waals surface area contributed by atoms with Gasteiger partial charge >= 0.3 is 0 Å². The van der Waals surface area contributed by atoms with Crippen LogP contribution in [0.3, 0.4) is 0 Å². The van der Waals surface area contributed by atoms with Crippen molar-refractivity contribution in [2.24, 2.45) is 5.92 Å². The molecule has 0 aromatic heterocycles. The van der Waals surface area contributed by atoms with Crippen LogP contribution in [0, 0.1) is 5.92 Å². The SMILES string of the molecule is CCSCCCCC(Br)C1CC1. The minimum Gasteiger partial charge on any atom is -0.162 e. The van der Waals surface area contributed by atoms with Gasteiger partial charge in [0, 0.05) is 4.83 Å². The Morgan fingerprint density at radius 2 is 2.17 bits per heavy atom. The summed E-state index contributed by atoms with van der Waals surface area (Å²) in [5.74, 6) is 3.67. The fraction of sp³-hybridized carbons (Fsp3) is 1.00.